The zero-order valence-electron chi connectivity index (χ0n) is 17.7. The van der Waals surface area contributed by atoms with Crippen LogP contribution in [0.3, 0.4) is 0 Å². The lowest BCUT2D eigenvalue weighted by Crippen LogP contribution is -2.23. The van der Waals surface area contributed by atoms with E-state index in [1.807, 2.05) is 48.7 Å². The Morgan fingerprint density at radius 1 is 1.10 bits per heavy atom. The van der Waals surface area contributed by atoms with Crippen LogP contribution < -0.4 is 5.32 Å². The van der Waals surface area contributed by atoms with Crippen LogP contribution in [0.5, 0.6) is 0 Å². The normalized spacial score (nSPS) is 11.9. The molecule has 3 rings (SSSR count). The van der Waals surface area contributed by atoms with Crippen molar-refractivity contribution in [3.8, 4) is 11.4 Å². The van der Waals surface area contributed by atoms with Crippen molar-refractivity contribution in [1.29, 1.82) is 0 Å². The Morgan fingerprint density at radius 2 is 1.80 bits per heavy atom. The van der Waals surface area contributed by atoms with Gasteiger partial charge in [-0.1, -0.05) is 60.3 Å². The lowest BCUT2D eigenvalue weighted by atomic mass is 10.0. The lowest BCUT2D eigenvalue weighted by molar-refractivity contribution is -0.119. The number of hydrogen-bond donors (Lipinski definition) is 1. The van der Waals surface area contributed by atoms with Gasteiger partial charge in [-0.05, 0) is 31.9 Å². The number of benzene rings is 2. The molecule has 1 N–H and O–H groups in total. The highest BCUT2D eigenvalue weighted by Crippen LogP contribution is 2.26. The molecule has 0 aliphatic rings. The van der Waals surface area contributed by atoms with Crippen LogP contribution in [0.1, 0.15) is 48.3 Å². The van der Waals surface area contributed by atoms with Gasteiger partial charge in [-0.15, -0.1) is 10.2 Å². The first kappa shape index (κ1) is 21.8. The van der Waals surface area contributed by atoms with Crippen molar-refractivity contribution >= 4 is 23.5 Å². The van der Waals surface area contributed by atoms with E-state index in [0.717, 1.165) is 34.2 Å². The molecule has 1 atom stereocenters. The molecule has 6 nitrogen and oxygen atoms in total. The minimum absolute atomic E-state index is 0.0295. The summed E-state index contributed by atoms with van der Waals surface area (Å²) in [5.74, 6) is 1.06. The average Bonchev–Trinajstić information content (AvgIpc) is 3.14. The Balaban J connectivity index is 1.69. The number of amides is 1. The summed E-state index contributed by atoms with van der Waals surface area (Å²) in [5, 5.41) is 12.3. The smallest absolute Gasteiger partial charge is 0.217 e. The minimum Gasteiger partial charge on any atom is -0.350 e. The first-order valence-corrected chi connectivity index (χ1v) is 10.9. The molecule has 0 fully saturated rings. The monoisotopic (exact) mass is 422 g/mol. The highest BCUT2D eigenvalue weighted by Gasteiger charge is 2.16. The molecule has 0 radical (unpaired) electrons. The maximum atomic E-state index is 12.7. The van der Waals surface area contributed by atoms with Gasteiger partial charge in [0.1, 0.15) is 0 Å². The fraction of sp³-hybridized carbons (Fsp3) is 0.304. The van der Waals surface area contributed by atoms with Gasteiger partial charge in [-0.25, -0.2) is 0 Å². The predicted octanol–water partition coefficient (Wildman–Crippen LogP) is 4.45. The molecule has 0 bridgehead atoms. The molecule has 156 valence electrons. The van der Waals surface area contributed by atoms with E-state index in [9.17, 15) is 9.59 Å². The van der Waals surface area contributed by atoms with Crippen molar-refractivity contribution in [3.05, 3.63) is 65.2 Å². The number of thioether (sulfide) groups is 1. The van der Waals surface area contributed by atoms with Crippen LogP contribution >= 0.6 is 11.8 Å². The molecule has 3 aromatic rings. The van der Waals surface area contributed by atoms with Crippen LogP contribution in [0.4, 0.5) is 0 Å². The maximum Gasteiger partial charge on any atom is 0.217 e. The molecule has 1 aromatic heterocycles. The van der Waals surface area contributed by atoms with Crippen molar-refractivity contribution in [3.63, 3.8) is 0 Å². The second-order valence-electron chi connectivity index (χ2n) is 7.12. The van der Waals surface area contributed by atoms with Gasteiger partial charge < -0.3 is 9.88 Å². The van der Waals surface area contributed by atoms with Gasteiger partial charge in [0.2, 0.25) is 5.91 Å². The van der Waals surface area contributed by atoms with Gasteiger partial charge in [0.05, 0.1) is 11.8 Å². The predicted molar refractivity (Wildman–Crippen MR) is 120 cm³/mol. The number of aryl methyl sites for hydroxylation is 1. The summed E-state index contributed by atoms with van der Waals surface area (Å²) < 4.78 is 2.04. The molecule has 0 aliphatic heterocycles. The van der Waals surface area contributed by atoms with Gasteiger partial charge in [-0.3, -0.25) is 9.59 Å². The molecule has 1 amide bonds. The van der Waals surface area contributed by atoms with Crippen molar-refractivity contribution in [2.24, 2.45) is 0 Å². The number of nitrogens with zero attached hydrogens (tertiary/aromatic N) is 3. The molecule has 30 heavy (non-hydrogen) atoms. The number of Topliss-reactive ketones (excluding diaryl/α,β-unsaturated/α-hetero) is 1. The standard InChI is InChI=1S/C23H26N4O2S/c1-5-27-22(20-9-7-6-8-15(20)2)25-26-23(27)30-14-21(29)19-12-10-18(11-13-19)16(3)24-17(4)28/h6-13,16H,5,14H2,1-4H3,(H,24,28)/t16-/m0/s1. The van der Waals surface area contributed by atoms with Crippen molar-refractivity contribution in [2.75, 3.05) is 5.75 Å². The fourth-order valence-electron chi connectivity index (χ4n) is 3.26. The van der Waals surface area contributed by atoms with Crippen LogP contribution in [0, 0.1) is 6.92 Å². The van der Waals surface area contributed by atoms with Crippen LogP contribution in [0.25, 0.3) is 11.4 Å². The molecule has 7 heteroatoms. The lowest BCUT2D eigenvalue weighted by Gasteiger charge is -2.13. The number of hydrogen-bond acceptors (Lipinski definition) is 5. The van der Waals surface area contributed by atoms with Gasteiger partial charge >= 0.3 is 0 Å². The van der Waals surface area contributed by atoms with E-state index in [2.05, 4.69) is 28.5 Å². The third-order valence-electron chi connectivity index (χ3n) is 4.90. The van der Waals surface area contributed by atoms with E-state index in [-0.39, 0.29) is 23.5 Å². The third kappa shape index (κ3) is 4.97. The van der Waals surface area contributed by atoms with E-state index in [1.165, 1.54) is 18.7 Å². The van der Waals surface area contributed by atoms with E-state index in [4.69, 9.17) is 0 Å². The van der Waals surface area contributed by atoms with Gasteiger partial charge in [-0.2, -0.15) is 0 Å². The number of nitrogens with one attached hydrogen (secondary N) is 1. The van der Waals surface area contributed by atoms with Crippen LogP contribution in [0.15, 0.2) is 53.7 Å². The zero-order valence-corrected chi connectivity index (χ0v) is 18.5. The summed E-state index contributed by atoms with van der Waals surface area (Å²) in [6, 6.07) is 15.4. The largest absolute Gasteiger partial charge is 0.350 e. The van der Waals surface area contributed by atoms with Crippen molar-refractivity contribution in [1.82, 2.24) is 20.1 Å². The summed E-state index contributed by atoms with van der Waals surface area (Å²) in [5.41, 5.74) is 3.79. The van der Waals surface area contributed by atoms with Gasteiger partial charge in [0.25, 0.3) is 0 Å². The summed E-state index contributed by atoms with van der Waals surface area (Å²) in [6.07, 6.45) is 0. The molecular weight excluding hydrogens is 396 g/mol. The quantitative estimate of drug-likeness (QED) is 0.429. The van der Waals surface area contributed by atoms with Crippen molar-refractivity contribution in [2.45, 2.75) is 45.4 Å². The molecule has 0 unspecified atom stereocenters. The number of ketones is 1. The number of carbonyl (C=O) groups excluding carboxylic acids is 2. The van der Waals surface area contributed by atoms with E-state index in [1.54, 1.807) is 12.1 Å². The fourth-order valence-corrected chi connectivity index (χ4v) is 4.16. The van der Waals surface area contributed by atoms with Crippen LogP contribution in [-0.2, 0) is 11.3 Å². The van der Waals surface area contributed by atoms with E-state index < -0.39 is 0 Å². The average molecular weight is 423 g/mol. The Hall–Kier alpha value is -2.93. The maximum absolute atomic E-state index is 12.7. The molecule has 2 aromatic carbocycles. The summed E-state index contributed by atoms with van der Waals surface area (Å²) in [6.45, 7) is 8.23. The molecule has 0 saturated carbocycles. The van der Waals surface area contributed by atoms with Gasteiger partial charge in [0.15, 0.2) is 16.8 Å². The molecule has 0 spiro atoms. The second-order valence-corrected chi connectivity index (χ2v) is 8.06. The Kier molecular flexibility index (Phi) is 7.05. The highest BCUT2D eigenvalue weighted by atomic mass is 32.2. The summed E-state index contributed by atoms with van der Waals surface area (Å²) >= 11 is 1.40. The number of carbonyl (C=O) groups is 2. The second kappa shape index (κ2) is 9.71. The first-order chi connectivity index (χ1) is 14.4. The zero-order chi connectivity index (χ0) is 21.7. The Bertz CT molecular complexity index is 1040. The molecule has 0 aliphatic carbocycles. The molecule has 1 heterocycles. The van der Waals surface area contributed by atoms with Crippen LogP contribution in [0.2, 0.25) is 0 Å². The molecular formula is C23H26N4O2S. The highest BCUT2D eigenvalue weighted by molar-refractivity contribution is 7.99. The number of aromatic nitrogens is 3. The van der Waals surface area contributed by atoms with E-state index in [0.29, 0.717) is 5.56 Å². The molecule has 0 saturated heterocycles. The van der Waals surface area contributed by atoms with Crippen LogP contribution in [-0.4, -0.2) is 32.2 Å². The third-order valence-corrected chi connectivity index (χ3v) is 5.87. The van der Waals surface area contributed by atoms with Crippen molar-refractivity contribution < 1.29 is 9.59 Å². The Morgan fingerprint density at radius 3 is 2.43 bits per heavy atom. The first-order valence-electron chi connectivity index (χ1n) is 9.93. The summed E-state index contributed by atoms with van der Waals surface area (Å²) in [4.78, 5) is 23.9. The summed E-state index contributed by atoms with van der Waals surface area (Å²) in [7, 11) is 0. The number of rotatable bonds is 8. The van der Waals surface area contributed by atoms with E-state index >= 15 is 0 Å². The Labute approximate surface area is 181 Å². The van der Waals surface area contributed by atoms with Gasteiger partial charge in [0, 0.05) is 24.6 Å². The SMILES string of the molecule is CCn1c(SCC(=O)c2ccc([C@H](C)NC(C)=O)cc2)nnc1-c1ccccc1C. The topological polar surface area (TPSA) is 76.9 Å². The minimum atomic E-state index is -0.0935.